The number of unbranched alkanes of at least 4 members (excludes halogenated alkanes) is 6. The van der Waals surface area contributed by atoms with Crippen molar-refractivity contribution < 1.29 is 19.1 Å². The highest BCUT2D eigenvalue weighted by Crippen LogP contribution is 2.21. The molecule has 0 aliphatic heterocycles. The molecule has 0 aromatic carbocycles. The van der Waals surface area contributed by atoms with Crippen molar-refractivity contribution in [3.8, 4) is 0 Å². The third-order valence-electron chi connectivity index (χ3n) is 4.23. The topological polar surface area (TPSA) is 101 Å². The highest BCUT2D eigenvalue weighted by molar-refractivity contribution is 5.97. The van der Waals surface area contributed by atoms with Crippen LogP contribution in [0.3, 0.4) is 0 Å². The van der Waals surface area contributed by atoms with Crippen LogP contribution >= 0.6 is 0 Å². The van der Waals surface area contributed by atoms with Crippen molar-refractivity contribution in [2.75, 3.05) is 20.3 Å². The minimum absolute atomic E-state index is 0.0860. The largest absolute Gasteiger partial charge is 0.466 e. The molecule has 0 fully saturated rings. The summed E-state index contributed by atoms with van der Waals surface area (Å²) < 4.78 is 10.2. The fraction of sp³-hybridized carbons (Fsp3) is 0.889. The van der Waals surface area contributed by atoms with Gasteiger partial charge in [0, 0.05) is 17.9 Å². The summed E-state index contributed by atoms with van der Waals surface area (Å²) in [5.41, 5.74) is 8.51. The minimum atomic E-state index is -0.518. The zero-order chi connectivity index (χ0) is 18.9. The normalized spacial score (nSPS) is 12.9. The molecule has 0 saturated carbocycles. The van der Waals surface area contributed by atoms with Crippen molar-refractivity contribution in [3.05, 3.63) is 10.4 Å². The van der Waals surface area contributed by atoms with Crippen LogP contribution < -0.4 is 0 Å². The van der Waals surface area contributed by atoms with Crippen molar-refractivity contribution in [3.63, 3.8) is 0 Å². The molecular formula is C18H33N3O4. The maximum atomic E-state index is 12.5. The predicted octanol–water partition coefficient (Wildman–Crippen LogP) is 4.59. The van der Waals surface area contributed by atoms with Gasteiger partial charge in [-0.15, -0.1) is 0 Å². The molecule has 0 rings (SSSR count). The van der Waals surface area contributed by atoms with Gasteiger partial charge < -0.3 is 9.47 Å². The van der Waals surface area contributed by atoms with Crippen molar-refractivity contribution in [1.29, 1.82) is 0 Å². The molecule has 0 saturated heterocycles. The molecule has 0 aliphatic rings. The van der Waals surface area contributed by atoms with Crippen LogP contribution in [0.2, 0.25) is 0 Å². The van der Waals surface area contributed by atoms with Crippen LogP contribution in [0.4, 0.5) is 0 Å². The van der Waals surface area contributed by atoms with Gasteiger partial charge in [-0.2, -0.15) is 0 Å². The molecule has 0 N–H and O–H groups in total. The van der Waals surface area contributed by atoms with E-state index in [2.05, 4.69) is 16.9 Å². The number of hydrogen-bond acceptors (Lipinski definition) is 5. The second-order valence-electron chi connectivity index (χ2n) is 6.15. The van der Waals surface area contributed by atoms with Gasteiger partial charge >= 0.3 is 5.97 Å². The van der Waals surface area contributed by atoms with E-state index in [4.69, 9.17) is 15.0 Å². The molecule has 25 heavy (non-hydrogen) atoms. The van der Waals surface area contributed by atoms with Crippen molar-refractivity contribution >= 4 is 11.8 Å². The van der Waals surface area contributed by atoms with E-state index >= 15 is 0 Å². The van der Waals surface area contributed by atoms with Crippen LogP contribution in [-0.2, 0) is 19.1 Å². The summed E-state index contributed by atoms with van der Waals surface area (Å²) in [5.74, 6) is -1.17. The Balaban J connectivity index is 4.57. The average Bonchev–Trinajstić information content (AvgIpc) is 2.59. The van der Waals surface area contributed by atoms with E-state index in [1.807, 2.05) is 0 Å². The maximum absolute atomic E-state index is 12.5. The van der Waals surface area contributed by atoms with Crippen LogP contribution in [-0.4, -0.2) is 38.1 Å². The highest BCUT2D eigenvalue weighted by Gasteiger charge is 2.29. The van der Waals surface area contributed by atoms with Crippen molar-refractivity contribution in [2.24, 2.45) is 11.0 Å². The van der Waals surface area contributed by atoms with Gasteiger partial charge in [0.15, 0.2) is 0 Å². The summed E-state index contributed by atoms with van der Waals surface area (Å²) >= 11 is 0. The molecule has 7 heteroatoms. The zero-order valence-electron chi connectivity index (χ0n) is 15.9. The summed E-state index contributed by atoms with van der Waals surface area (Å²) in [6.07, 6.45) is 7.90. The Labute approximate surface area is 151 Å². The van der Waals surface area contributed by atoms with E-state index in [0.29, 0.717) is 6.42 Å². The Hall–Kier alpha value is -1.59. The molecular weight excluding hydrogens is 322 g/mol. The molecule has 0 unspecified atom stereocenters. The van der Waals surface area contributed by atoms with Gasteiger partial charge in [-0.1, -0.05) is 57.0 Å². The second kappa shape index (κ2) is 15.9. The number of azide groups is 1. The lowest BCUT2D eigenvalue weighted by molar-refractivity contribution is -0.147. The standard InChI is InChI=1S/C18H33N3O4/c1-4-6-7-8-9-10-11-12-15(17(24-3)14-20-21-19)16(22)13-18(23)25-5-2/h15,17H,4-14H2,1-3H3/t15-,17-/m1/s1. The monoisotopic (exact) mass is 355 g/mol. The van der Waals surface area contributed by atoms with Gasteiger partial charge in [-0.3, -0.25) is 9.59 Å². The summed E-state index contributed by atoms with van der Waals surface area (Å²) in [7, 11) is 1.49. The fourth-order valence-corrected chi connectivity index (χ4v) is 2.84. The van der Waals surface area contributed by atoms with Crippen LogP contribution in [0.25, 0.3) is 10.4 Å². The van der Waals surface area contributed by atoms with E-state index in [9.17, 15) is 9.59 Å². The van der Waals surface area contributed by atoms with Crippen molar-refractivity contribution in [1.82, 2.24) is 0 Å². The third-order valence-corrected chi connectivity index (χ3v) is 4.23. The van der Waals surface area contributed by atoms with Crippen LogP contribution in [0.5, 0.6) is 0 Å². The first-order valence-corrected chi connectivity index (χ1v) is 9.32. The quantitative estimate of drug-likeness (QED) is 0.101. The first kappa shape index (κ1) is 23.4. The van der Waals surface area contributed by atoms with Crippen LogP contribution in [0.1, 0.15) is 71.6 Å². The molecule has 0 aliphatic carbocycles. The number of Topliss-reactive ketones (excluding diaryl/α,β-unsaturated/α-hetero) is 1. The summed E-state index contributed by atoms with van der Waals surface area (Å²) in [4.78, 5) is 26.8. The molecule has 144 valence electrons. The summed E-state index contributed by atoms with van der Waals surface area (Å²) in [6.45, 7) is 4.23. The molecule has 2 atom stereocenters. The Morgan fingerprint density at radius 1 is 1.08 bits per heavy atom. The molecule has 0 radical (unpaired) electrons. The van der Waals surface area contributed by atoms with Gasteiger partial charge in [0.05, 0.1) is 19.3 Å². The number of methoxy groups -OCH3 is 1. The Bertz CT molecular complexity index is 423. The summed E-state index contributed by atoms with van der Waals surface area (Å²) in [5, 5.41) is 3.53. The average molecular weight is 355 g/mol. The number of carbonyl (C=O) groups excluding carboxylic acids is 2. The predicted molar refractivity (Wildman–Crippen MR) is 97.2 cm³/mol. The van der Waals surface area contributed by atoms with E-state index < -0.39 is 18.0 Å². The SMILES string of the molecule is CCCCCCCCC[C@H](C(=O)CC(=O)OCC)[C@@H](CN=[N+]=[N-])OC. The number of rotatable bonds is 16. The van der Waals surface area contributed by atoms with E-state index in [1.165, 1.54) is 32.8 Å². The first-order chi connectivity index (χ1) is 12.1. The Kier molecular flexibility index (Phi) is 14.9. The van der Waals surface area contributed by atoms with Gasteiger partial charge in [-0.05, 0) is 18.9 Å². The Morgan fingerprint density at radius 3 is 2.28 bits per heavy atom. The molecule has 0 aromatic heterocycles. The van der Waals surface area contributed by atoms with E-state index in [1.54, 1.807) is 6.92 Å². The van der Waals surface area contributed by atoms with Gasteiger partial charge in [0.25, 0.3) is 0 Å². The molecule has 0 aromatic rings. The minimum Gasteiger partial charge on any atom is -0.466 e. The fourth-order valence-electron chi connectivity index (χ4n) is 2.84. The smallest absolute Gasteiger partial charge is 0.313 e. The lowest BCUT2D eigenvalue weighted by Crippen LogP contribution is -2.33. The van der Waals surface area contributed by atoms with Crippen LogP contribution in [0.15, 0.2) is 5.11 Å². The molecule has 7 nitrogen and oxygen atoms in total. The number of hydrogen-bond donors (Lipinski definition) is 0. The first-order valence-electron chi connectivity index (χ1n) is 9.32. The van der Waals surface area contributed by atoms with Crippen LogP contribution in [0, 0.1) is 5.92 Å². The number of nitrogens with zero attached hydrogens (tertiary/aromatic N) is 3. The van der Waals surface area contributed by atoms with Crippen molar-refractivity contribution in [2.45, 2.75) is 77.7 Å². The lowest BCUT2D eigenvalue weighted by Gasteiger charge is -2.23. The maximum Gasteiger partial charge on any atom is 0.313 e. The molecule has 0 heterocycles. The number of ketones is 1. The number of esters is 1. The zero-order valence-corrected chi connectivity index (χ0v) is 15.9. The van der Waals surface area contributed by atoms with E-state index in [-0.39, 0.29) is 25.4 Å². The van der Waals surface area contributed by atoms with E-state index in [0.717, 1.165) is 19.3 Å². The third kappa shape index (κ3) is 11.6. The number of carbonyl (C=O) groups is 2. The second-order valence-corrected chi connectivity index (χ2v) is 6.15. The lowest BCUT2D eigenvalue weighted by atomic mass is 9.89. The van der Waals surface area contributed by atoms with Gasteiger partial charge in [0.2, 0.25) is 0 Å². The summed E-state index contributed by atoms with van der Waals surface area (Å²) in [6, 6.07) is 0. The molecule has 0 amide bonds. The van der Waals surface area contributed by atoms with Gasteiger partial charge in [-0.25, -0.2) is 0 Å². The van der Waals surface area contributed by atoms with Gasteiger partial charge in [0.1, 0.15) is 12.2 Å². The highest BCUT2D eigenvalue weighted by atomic mass is 16.5. The Morgan fingerprint density at radius 2 is 1.72 bits per heavy atom. The molecule has 0 spiro atoms. The number of ether oxygens (including phenoxy) is 2. The molecule has 0 bridgehead atoms.